The van der Waals surface area contributed by atoms with Crippen LogP contribution in [0.3, 0.4) is 0 Å². The highest BCUT2D eigenvalue weighted by molar-refractivity contribution is 6.46. The fourth-order valence-corrected chi connectivity index (χ4v) is 4.66. The third-order valence-electron chi connectivity index (χ3n) is 6.85. The minimum Gasteiger partial charge on any atom is -0.507 e. The quantitative estimate of drug-likeness (QED) is 0.229. The van der Waals surface area contributed by atoms with Crippen molar-refractivity contribution in [2.24, 2.45) is 0 Å². The third-order valence-corrected chi connectivity index (χ3v) is 6.85. The molecule has 0 bridgehead atoms. The van der Waals surface area contributed by atoms with Crippen molar-refractivity contribution in [1.29, 1.82) is 0 Å². The molecule has 1 saturated heterocycles. The van der Waals surface area contributed by atoms with Crippen molar-refractivity contribution in [1.82, 2.24) is 4.90 Å². The molecule has 1 N–H and O–H groups in total. The molecule has 1 aliphatic heterocycles. The van der Waals surface area contributed by atoms with Gasteiger partial charge >= 0.3 is 0 Å². The Morgan fingerprint density at radius 2 is 1.66 bits per heavy atom. The molecule has 1 heterocycles. The van der Waals surface area contributed by atoms with Crippen LogP contribution in [0.25, 0.3) is 5.76 Å². The Morgan fingerprint density at radius 1 is 0.974 bits per heavy atom. The zero-order valence-electron chi connectivity index (χ0n) is 22.7. The van der Waals surface area contributed by atoms with Gasteiger partial charge in [-0.1, -0.05) is 75.4 Å². The lowest BCUT2D eigenvalue weighted by molar-refractivity contribution is -0.140. The average Bonchev–Trinajstić information content (AvgIpc) is 3.15. The largest absolute Gasteiger partial charge is 0.507 e. The number of carbonyl (C=O) groups is 2. The number of hydrogen-bond acceptors (Lipinski definition) is 5. The van der Waals surface area contributed by atoms with E-state index in [2.05, 4.69) is 20.8 Å². The monoisotopic (exact) mass is 513 g/mol. The van der Waals surface area contributed by atoms with Crippen molar-refractivity contribution in [2.45, 2.75) is 45.8 Å². The maximum Gasteiger partial charge on any atom is 0.295 e. The van der Waals surface area contributed by atoms with Gasteiger partial charge in [0, 0.05) is 19.2 Å². The maximum atomic E-state index is 13.2. The van der Waals surface area contributed by atoms with E-state index in [1.807, 2.05) is 61.5 Å². The summed E-state index contributed by atoms with van der Waals surface area (Å²) in [7, 11) is 1.55. The van der Waals surface area contributed by atoms with Crippen molar-refractivity contribution in [2.75, 3.05) is 20.3 Å². The van der Waals surface area contributed by atoms with Gasteiger partial charge in [-0.15, -0.1) is 0 Å². The average molecular weight is 514 g/mol. The fourth-order valence-electron chi connectivity index (χ4n) is 4.66. The normalized spacial score (nSPS) is 17.2. The van der Waals surface area contributed by atoms with Crippen LogP contribution < -0.4 is 4.74 Å². The van der Waals surface area contributed by atoms with E-state index in [1.165, 1.54) is 4.90 Å². The molecule has 0 aliphatic carbocycles. The summed E-state index contributed by atoms with van der Waals surface area (Å²) in [6.07, 6.45) is 0. The number of benzene rings is 3. The lowest BCUT2D eigenvalue weighted by atomic mass is 9.85. The van der Waals surface area contributed by atoms with E-state index < -0.39 is 17.7 Å². The van der Waals surface area contributed by atoms with E-state index in [0.717, 1.165) is 22.3 Å². The molecule has 6 heteroatoms. The number of hydrogen-bond donors (Lipinski definition) is 1. The topological polar surface area (TPSA) is 76.1 Å². The first-order chi connectivity index (χ1) is 18.1. The van der Waals surface area contributed by atoms with Gasteiger partial charge in [-0.3, -0.25) is 9.59 Å². The molecule has 0 saturated carbocycles. The number of aryl methyl sites for hydroxylation is 1. The molecule has 3 aromatic carbocycles. The van der Waals surface area contributed by atoms with E-state index in [9.17, 15) is 14.7 Å². The Balaban J connectivity index is 1.71. The summed E-state index contributed by atoms with van der Waals surface area (Å²) < 4.78 is 11.2. The molecule has 0 spiro atoms. The molecule has 6 nitrogen and oxygen atoms in total. The fraction of sp³-hybridized carbons (Fsp3) is 0.312. The Bertz CT molecular complexity index is 1340. The van der Waals surface area contributed by atoms with Gasteiger partial charge in [-0.05, 0) is 52.8 Å². The van der Waals surface area contributed by atoms with Crippen LogP contribution >= 0.6 is 0 Å². The highest BCUT2D eigenvalue weighted by Crippen LogP contribution is 2.40. The van der Waals surface area contributed by atoms with Gasteiger partial charge in [0.15, 0.2) is 0 Å². The van der Waals surface area contributed by atoms with E-state index >= 15 is 0 Å². The first kappa shape index (κ1) is 27.1. The molecule has 3 aromatic rings. The summed E-state index contributed by atoms with van der Waals surface area (Å²) in [5, 5.41) is 11.4. The van der Waals surface area contributed by atoms with Gasteiger partial charge in [-0.25, -0.2) is 0 Å². The highest BCUT2D eigenvalue weighted by Gasteiger charge is 2.46. The van der Waals surface area contributed by atoms with Crippen LogP contribution in [0.15, 0.2) is 78.4 Å². The second kappa shape index (κ2) is 11.2. The summed E-state index contributed by atoms with van der Waals surface area (Å²) >= 11 is 0. The van der Waals surface area contributed by atoms with Crippen LogP contribution in [0.4, 0.5) is 0 Å². The smallest absolute Gasteiger partial charge is 0.295 e. The molecule has 198 valence electrons. The first-order valence-electron chi connectivity index (χ1n) is 12.8. The minimum absolute atomic E-state index is 0.0434. The van der Waals surface area contributed by atoms with E-state index in [4.69, 9.17) is 9.47 Å². The van der Waals surface area contributed by atoms with Crippen molar-refractivity contribution in [3.05, 3.63) is 106 Å². The molecule has 1 amide bonds. The summed E-state index contributed by atoms with van der Waals surface area (Å²) in [6.45, 7) is 9.19. The molecule has 1 aliphatic rings. The second-order valence-electron chi connectivity index (χ2n) is 10.6. The Labute approximate surface area is 224 Å². The van der Waals surface area contributed by atoms with Gasteiger partial charge < -0.3 is 19.5 Å². The van der Waals surface area contributed by atoms with Gasteiger partial charge in [0.2, 0.25) is 0 Å². The van der Waals surface area contributed by atoms with Crippen LogP contribution in [0.1, 0.15) is 54.6 Å². The minimum atomic E-state index is -0.714. The number of ketones is 1. The summed E-state index contributed by atoms with van der Waals surface area (Å²) in [4.78, 5) is 27.8. The SMILES string of the molecule is COCCN1C(=O)C(=O)/C(=C(\O)c2ccc(OCc3ccccc3)c(C)c2)C1c1ccc(C(C)(C)C)cc1. The molecule has 4 rings (SSSR count). The first-order valence-corrected chi connectivity index (χ1v) is 12.8. The van der Waals surface area contributed by atoms with Crippen LogP contribution in [-0.4, -0.2) is 42.0 Å². The number of carbonyl (C=O) groups excluding carboxylic acids is 2. The van der Waals surface area contributed by atoms with Crippen LogP contribution in [0, 0.1) is 6.92 Å². The predicted molar refractivity (Wildman–Crippen MR) is 148 cm³/mol. The number of aliphatic hydroxyl groups excluding tert-OH is 1. The van der Waals surface area contributed by atoms with Gasteiger partial charge in [0.05, 0.1) is 18.2 Å². The predicted octanol–water partition coefficient (Wildman–Crippen LogP) is 5.94. The molecule has 1 unspecified atom stereocenters. The Kier molecular flexibility index (Phi) is 8.02. The van der Waals surface area contributed by atoms with E-state index in [0.29, 0.717) is 17.9 Å². The zero-order chi connectivity index (χ0) is 27.4. The maximum absolute atomic E-state index is 13.2. The Morgan fingerprint density at radius 3 is 2.26 bits per heavy atom. The number of nitrogens with zero attached hydrogens (tertiary/aromatic N) is 1. The lowest BCUT2D eigenvalue weighted by Gasteiger charge is -2.26. The van der Waals surface area contributed by atoms with Crippen molar-refractivity contribution in [3.8, 4) is 5.75 Å². The number of amides is 1. The van der Waals surface area contributed by atoms with Crippen molar-refractivity contribution >= 4 is 17.4 Å². The van der Waals surface area contributed by atoms with Gasteiger partial charge in [0.1, 0.15) is 18.1 Å². The summed E-state index contributed by atoms with van der Waals surface area (Å²) in [5.74, 6) is -0.871. The second-order valence-corrected chi connectivity index (χ2v) is 10.6. The molecular formula is C32H35NO5. The number of rotatable bonds is 8. The van der Waals surface area contributed by atoms with Crippen LogP contribution in [0.5, 0.6) is 5.75 Å². The lowest BCUT2D eigenvalue weighted by Crippen LogP contribution is -2.32. The summed E-state index contributed by atoms with van der Waals surface area (Å²) in [6, 6.07) is 22.3. The molecular weight excluding hydrogens is 478 g/mol. The molecule has 1 atom stereocenters. The highest BCUT2D eigenvalue weighted by atomic mass is 16.5. The molecule has 1 fully saturated rings. The van der Waals surface area contributed by atoms with Crippen LogP contribution in [0.2, 0.25) is 0 Å². The van der Waals surface area contributed by atoms with E-state index in [-0.39, 0.29) is 29.9 Å². The molecule has 38 heavy (non-hydrogen) atoms. The number of methoxy groups -OCH3 is 1. The number of ether oxygens (including phenoxy) is 2. The van der Waals surface area contributed by atoms with Crippen molar-refractivity contribution in [3.63, 3.8) is 0 Å². The number of Topliss-reactive ketones (excluding diaryl/α,β-unsaturated/α-hetero) is 1. The number of likely N-dealkylation sites (tertiary alicyclic amines) is 1. The Hall–Kier alpha value is -3.90. The van der Waals surface area contributed by atoms with Crippen molar-refractivity contribution < 1.29 is 24.2 Å². The van der Waals surface area contributed by atoms with Crippen LogP contribution in [-0.2, 0) is 26.3 Å². The summed E-state index contributed by atoms with van der Waals surface area (Å²) in [5.41, 5.74) is 4.24. The van der Waals surface area contributed by atoms with Gasteiger partial charge in [0.25, 0.3) is 11.7 Å². The standard InChI is InChI=1S/C32H35NO5/c1-21-19-24(13-16-26(21)38-20-22-9-7-6-8-10-22)29(34)27-28(33(17-18-37-5)31(36)30(27)35)23-11-14-25(15-12-23)32(2,3)4/h6-16,19,28,34H,17-18,20H2,1-5H3/b29-27-. The number of aliphatic hydroxyl groups is 1. The third kappa shape index (κ3) is 5.65. The zero-order valence-corrected chi connectivity index (χ0v) is 22.7. The van der Waals surface area contributed by atoms with E-state index in [1.54, 1.807) is 25.3 Å². The van der Waals surface area contributed by atoms with Gasteiger partial charge in [-0.2, -0.15) is 0 Å². The molecule has 0 aromatic heterocycles. The molecule has 0 radical (unpaired) electrons.